The number of esters is 1. The quantitative estimate of drug-likeness (QED) is 0.685. The second-order valence-electron chi connectivity index (χ2n) is 3.16. The van der Waals surface area contributed by atoms with Crippen molar-refractivity contribution in [3.8, 4) is 0 Å². The lowest BCUT2D eigenvalue weighted by molar-refractivity contribution is 0.0602. The van der Waals surface area contributed by atoms with Crippen LogP contribution in [0.2, 0.25) is 0 Å². The molecule has 0 amide bonds. The number of hydrogen-bond donors (Lipinski definition) is 1. The fourth-order valence-electron chi connectivity index (χ4n) is 1.46. The summed E-state index contributed by atoms with van der Waals surface area (Å²) in [5, 5.41) is 0. The monoisotopic (exact) mass is 302 g/mol. The summed E-state index contributed by atoms with van der Waals surface area (Å²) in [6.07, 6.45) is 0. The summed E-state index contributed by atoms with van der Waals surface area (Å²) < 4.78 is 5.48. The highest BCUT2D eigenvalue weighted by atomic mass is 79.9. The molecule has 0 unspecified atom stereocenters. The van der Waals surface area contributed by atoms with Crippen molar-refractivity contribution in [3.63, 3.8) is 0 Å². The maximum Gasteiger partial charge on any atom is 0.340 e. The molecule has 0 radical (unpaired) electrons. The molecule has 84 valence electrons. The molecule has 0 aliphatic heterocycles. The number of benzene rings is 1. The summed E-state index contributed by atoms with van der Waals surface area (Å²) in [5.74, 6) is 0.478. The van der Waals surface area contributed by atoms with E-state index < -0.39 is 5.97 Å². The average molecular weight is 304 g/mol. The Balaban J connectivity index is 2.70. The Morgan fingerprint density at radius 1 is 1.62 bits per heavy atom. The van der Waals surface area contributed by atoms with Gasteiger partial charge in [0.15, 0.2) is 0 Å². The zero-order valence-corrected chi connectivity index (χ0v) is 10.7. The van der Waals surface area contributed by atoms with Crippen molar-refractivity contribution >= 4 is 44.5 Å². The molecule has 16 heavy (non-hydrogen) atoms. The number of nitrogens with zero attached hydrogens (tertiary/aromatic N) is 1. The summed E-state index contributed by atoms with van der Waals surface area (Å²) in [4.78, 5) is 18.8. The number of halogens is 2. The van der Waals surface area contributed by atoms with Crippen molar-refractivity contribution < 1.29 is 9.53 Å². The molecule has 0 atom stereocenters. The Hall–Kier alpha value is -1.07. The predicted molar refractivity (Wildman–Crippen MR) is 64.7 cm³/mol. The van der Waals surface area contributed by atoms with E-state index in [1.165, 1.54) is 7.11 Å². The molecule has 0 aliphatic rings. The van der Waals surface area contributed by atoms with Gasteiger partial charge < -0.3 is 9.72 Å². The van der Waals surface area contributed by atoms with Crippen molar-refractivity contribution in [1.82, 2.24) is 9.97 Å². The first kappa shape index (κ1) is 11.4. The summed E-state index contributed by atoms with van der Waals surface area (Å²) in [6.45, 7) is 0. The third-order valence-corrected chi connectivity index (χ3v) is 2.84. The number of nitrogens with one attached hydrogen (secondary N) is 1. The van der Waals surface area contributed by atoms with Gasteiger partial charge in [0, 0.05) is 4.47 Å². The molecule has 1 aromatic heterocycles. The van der Waals surface area contributed by atoms with Crippen molar-refractivity contribution in [1.29, 1.82) is 0 Å². The lowest BCUT2D eigenvalue weighted by Gasteiger charge is -2.00. The maximum absolute atomic E-state index is 11.5. The van der Waals surface area contributed by atoms with Gasteiger partial charge in [-0.05, 0) is 12.1 Å². The van der Waals surface area contributed by atoms with E-state index in [1.807, 2.05) is 6.07 Å². The van der Waals surface area contributed by atoms with Gasteiger partial charge in [0.25, 0.3) is 0 Å². The number of carbonyl (C=O) groups excluding carboxylic acids is 1. The van der Waals surface area contributed by atoms with E-state index in [0.717, 1.165) is 9.99 Å². The summed E-state index contributed by atoms with van der Waals surface area (Å²) in [7, 11) is 1.34. The van der Waals surface area contributed by atoms with Crippen LogP contribution in [0.4, 0.5) is 0 Å². The van der Waals surface area contributed by atoms with Gasteiger partial charge >= 0.3 is 5.97 Å². The van der Waals surface area contributed by atoms with Gasteiger partial charge in [0.2, 0.25) is 0 Å². The van der Waals surface area contributed by atoms with E-state index in [0.29, 0.717) is 16.9 Å². The minimum atomic E-state index is -0.418. The smallest absolute Gasteiger partial charge is 0.340 e. The molecule has 2 aromatic rings. The number of fused-ring (bicyclic) bond motifs is 1. The fraction of sp³-hybridized carbons (Fsp3) is 0.200. The van der Waals surface area contributed by atoms with E-state index in [2.05, 4.69) is 25.9 Å². The number of carbonyl (C=O) groups is 1. The molecule has 1 aromatic carbocycles. The van der Waals surface area contributed by atoms with Crippen molar-refractivity contribution in [2.75, 3.05) is 7.11 Å². The minimum absolute atomic E-state index is 0.271. The van der Waals surface area contributed by atoms with Gasteiger partial charge in [-0.1, -0.05) is 15.9 Å². The highest BCUT2D eigenvalue weighted by molar-refractivity contribution is 9.10. The van der Waals surface area contributed by atoms with Crippen LogP contribution in [-0.2, 0) is 10.6 Å². The highest BCUT2D eigenvalue weighted by Gasteiger charge is 2.15. The van der Waals surface area contributed by atoms with E-state index in [1.54, 1.807) is 6.07 Å². The molecule has 6 heteroatoms. The van der Waals surface area contributed by atoms with E-state index in [4.69, 9.17) is 16.3 Å². The summed E-state index contributed by atoms with van der Waals surface area (Å²) in [5.41, 5.74) is 1.75. The molecule has 4 nitrogen and oxygen atoms in total. The summed E-state index contributed by atoms with van der Waals surface area (Å²) in [6, 6.07) is 3.51. The molecule has 0 saturated heterocycles. The third-order valence-electron chi connectivity index (χ3n) is 2.13. The fourth-order valence-corrected chi connectivity index (χ4v) is 2.05. The third kappa shape index (κ3) is 1.92. The number of H-pyrrole nitrogens is 1. The van der Waals surface area contributed by atoms with Crippen LogP contribution < -0.4 is 0 Å². The molecule has 0 bridgehead atoms. The van der Waals surface area contributed by atoms with E-state index in [9.17, 15) is 4.79 Å². The molecule has 2 rings (SSSR count). The van der Waals surface area contributed by atoms with Crippen LogP contribution in [0.15, 0.2) is 16.6 Å². The van der Waals surface area contributed by atoms with Crippen LogP contribution in [0.25, 0.3) is 11.0 Å². The number of hydrogen-bond acceptors (Lipinski definition) is 3. The van der Waals surface area contributed by atoms with Gasteiger partial charge in [0.1, 0.15) is 11.3 Å². The predicted octanol–water partition coefficient (Wildman–Crippen LogP) is 2.85. The topological polar surface area (TPSA) is 55.0 Å². The molecule has 1 N–H and O–H groups in total. The Morgan fingerprint density at radius 3 is 3.00 bits per heavy atom. The maximum atomic E-state index is 11.5. The van der Waals surface area contributed by atoms with Crippen LogP contribution in [0.1, 0.15) is 16.2 Å². The lowest BCUT2D eigenvalue weighted by Crippen LogP contribution is -2.02. The summed E-state index contributed by atoms with van der Waals surface area (Å²) >= 11 is 9.01. The molecular weight excluding hydrogens is 295 g/mol. The number of aromatic amines is 1. The number of methoxy groups -OCH3 is 1. The van der Waals surface area contributed by atoms with Crippen LogP contribution in [-0.4, -0.2) is 23.0 Å². The first-order valence-electron chi connectivity index (χ1n) is 4.48. The zero-order valence-electron chi connectivity index (χ0n) is 8.38. The Bertz CT molecular complexity index is 553. The van der Waals surface area contributed by atoms with Crippen molar-refractivity contribution in [2.45, 2.75) is 5.88 Å². The Morgan fingerprint density at radius 2 is 2.38 bits per heavy atom. The van der Waals surface area contributed by atoms with Gasteiger partial charge in [0.05, 0.1) is 24.1 Å². The number of aromatic nitrogens is 2. The normalized spacial score (nSPS) is 10.7. The van der Waals surface area contributed by atoms with Gasteiger partial charge in [-0.3, -0.25) is 0 Å². The first-order chi connectivity index (χ1) is 7.65. The lowest BCUT2D eigenvalue weighted by atomic mass is 10.2. The zero-order chi connectivity index (χ0) is 11.7. The second kappa shape index (κ2) is 4.43. The van der Waals surface area contributed by atoms with Crippen LogP contribution in [0.3, 0.4) is 0 Å². The molecule has 0 fully saturated rings. The van der Waals surface area contributed by atoms with E-state index in [-0.39, 0.29) is 5.88 Å². The number of ether oxygens (including phenoxy) is 1. The first-order valence-corrected chi connectivity index (χ1v) is 5.81. The van der Waals surface area contributed by atoms with Crippen molar-refractivity contribution in [3.05, 3.63) is 28.0 Å². The van der Waals surface area contributed by atoms with Crippen molar-refractivity contribution in [2.24, 2.45) is 0 Å². The minimum Gasteiger partial charge on any atom is -0.465 e. The number of imidazole rings is 1. The van der Waals surface area contributed by atoms with Gasteiger partial charge in [-0.15, -0.1) is 11.6 Å². The van der Waals surface area contributed by atoms with Crippen LogP contribution in [0, 0.1) is 0 Å². The Kier molecular flexibility index (Phi) is 3.16. The van der Waals surface area contributed by atoms with Gasteiger partial charge in [-0.25, -0.2) is 9.78 Å². The standard InChI is InChI=1S/C10H8BrClN2O2/c1-16-10(15)6-2-5(11)3-7-9(6)14-8(4-12)13-7/h2-3H,4H2,1H3,(H,13,14). The highest BCUT2D eigenvalue weighted by Crippen LogP contribution is 2.23. The number of alkyl halides is 1. The molecule has 0 saturated carbocycles. The van der Waals surface area contributed by atoms with E-state index >= 15 is 0 Å². The van der Waals surface area contributed by atoms with Crippen LogP contribution in [0.5, 0.6) is 0 Å². The second-order valence-corrected chi connectivity index (χ2v) is 4.34. The molecule has 1 heterocycles. The van der Waals surface area contributed by atoms with Crippen LogP contribution >= 0.6 is 27.5 Å². The SMILES string of the molecule is COC(=O)c1cc(Br)cc2[nH]c(CCl)nc12. The van der Waals surface area contributed by atoms with Gasteiger partial charge in [-0.2, -0.15) is 0 Å². The number of rotatable bonds is 2. The molecular formula is C10H8BrClN2O2. The average Bonchev–Trinajstić information content (AvgIpc) is 2.69. The molecule has 0 aliphatic carbocycles. The molecule has 0 spiro atoms. The largest absolute Gasteiger partial charge is 0.465 e. The Labute approximate surface area is 105 Å².